The molecule has 1 atom stereocenters. The second-order valence-corrected chi connectivity index (χ2v) is 5.45. The average molecular weight is 328 g/mol. The van der Waals surface area contributed by atoms with Crippen LogP contribution in [0.1, 0.15) is 11.1 Å². The summed E-state index contributed by atoms with van der Waals surface area (Å²) in [6.45, 7) is 0.609. The Bertz CT molecular complexity index is 639. The van der Waals surface area contributed by atoms with Crippen molar-refractivity contribution in [1.82, 2.24) is 10.6 Å². The molecule has 5 heteroatoms. The van der Waals surface area contributed by atoms with E-state index in [-0.39, 0.29) is 11.9 Å². The average Bonchev–Trinajstić information content (AvgIpc) is 2.65. The molecular weight excluding hydrogens is 304 g/mol. The molecule has 0 saturated carbocycles. The van der Waals surface area contributed by atoms with Crippen molar-refractivity contribution in [3.05, 3.63) is 59.7 Å². The minimum atomic E-state index is -0.300. The van der Waals surface area contributed by atoms with E-state index < -0.39 is 0 Å². The molecule has 0 fully saturated rings. The predicted molar refractivity (Wildman–Crippen MR) is 94.4 cm³/mol. The maximum atomic E-state index is 12.1. The molecule has 0 aromatic heterocycles. The molecule has 0 bridgehead atoms. The summed E-state index contributed by atoms with van der Waals surface area (Å²) in [6, 6.07) is 15.3. The van der Waals surface area contributed by atoms with Crippen LogP contribution in [0.5, 0.6) is 11.5 Å². The molecule has 1 amide bonds. The van der Waals surface area contributed by atoms with Gasteiger partial charge in [-0.05, 0) is 41.8 Å². The minimum absolute atomic E-state index is 0.0284. The van der Waals surface area contributed by atoms with Crippen molar-refractivity contribution < 1.29 is 14.3 Å². The van der Waals surface area contributed by atoms with Crippen molar-refractivity contribution in [2.45, 2.75) is 19.0 Å². The number of benzene rings is 2. The first-order valence-electron chi connectivity index (χ1n) is 7.87. The van der Waals surface area contributed by atoms with E-state index in [0.29, 0.717) is 13.0 Å². The number of nitrogens with one attached hydrogen (secondary N) is 2. The first-order chi connectivity index (χ1) is 11.7. The number of hydrogen-bond donors (Lipinski definition) is 2. The van der Waals surface area contributed by atoms with Crippen LogP contribution in [0.3, 0.4) is 0 Å². The van der Waals surface area contributed by atoms with Gasteiger partial charge in [-0.3, -0.25) is 4.79 Å². The third-order valence-corrected chi connectivity index (χ3v) is 3.87. The van der Waals surface area contributed by atoms with Gasteiger partial charge in [-0.15, -0.1) is 0 Å². The molecular formula is C19H24N2O3. The van der Waals surface area contributed by atoms with E-state index >= 15 is 0 Å². The molecule has 0 aliphatic rings. The summed E-state index contributed by atoms with van der Waals surface area (Å²) in [5, 5.41) is 6.03. The number of ether oxygens (including phenoxy) is 2. The van der Waals surface area contributed by atoms with Crippen molar-refractivity contribution in [2.24, 2.45) is 0 Å². The fourth-order valence-electron chi connectivity index (χ4n) is 2.41. The van der Waals surface area contributed by atoms with Gasteiger partial charge in [0.05, 0.1) is 20.3 Å². The van der Waals surface area contributed by atoms with Gasteiger partial charge in [0.2, 0.25) is 5.91 Å². The lowest BCUT2D eigenvalue weighted by atomic mass is 10.0. The lowest BCUT2D eigenvalue weighted by Crippen LogP contribution is -2.44. The molecule has 0 aliphatic heterocycles. The molecule has 2 aromatic rings. The summed E-state index contributed by atoms with van der Waals surface area (Å²) in [7, 11) is 4.93. The van der Waals surface area contributed by atoms with E-state index in [4.69, 9.17) is 9.47 Å². The second-order valence-electron chi connectivity index (χ2n) is 5.45. The Morgan fingerprint density at radius 3 is 1.88 bits per heavy atom. The Balaban J connectivity index is 2.00. The highest BCUT2D eigenvalue weighted by Crippen LogP contribution is 2.14. The second kappa shape index (κ2) is 8.93. The smallest absolute Gasteiger partial charge is 0.237 e. The Morgan fingerprint density at radius 2 is 1.42 bits per heavy atom. The summed E-state index contributed by atoms with van der Waals surface area (Å²) in [6.07, 6.45) is 0.611. The molecule has 2 rings (SSSR count). The van der Waals surface area contributed by atoms with Crippen LogP contribution in [0.4, 0.5) is 0 Å². The lowest BCUT2D eigenvalue weighted by molar-refractivity contribution is -0.122. The molecule has 0 heterocycles. The van der Waals surface area contributed by atoms with Gasteiger partial charge in [-0.25, -0.2) is 0 Å². The molecule has 0 aliphatic carbocycles. The Morgan fingerprint density at radius 1 is 0.917 bits per heavy atom. The molecule has 5 nitrogen and oxygen atoms in total. The molecule has 0 unspecified atom stereocenters. The van der Waals surface area contributed by atoms with Gasteiger partial charge in [0.1, 0.15) is 11.5 Å². The Labute approximate surface area is 143 Å². The van der Waals surface area contributed by atoms with Crippen molar-refractivity contribution in [3.63, 3.8) is 0 Å². The molecule has 2 aromatic carbocycles. The van der Waals surface area contributed by atoms with E-state index in [0.717, 1.165) is 22.6 Å². The van der Waals surface area contributed by atoms with Crippen LogP contribution in [0, 0.1) is 0 Å². The first kappa shape index (κ1) is 17.8. The monoisotopic (exact) mass is 328 g/mol. The first-order valence-corrected chi connectivity index (χ1v) is 7.87. The zero-order valence-electron chi connectivity index (χ0n) is 14.3. The highest BCUT2D eigenvalue weighted by Gasteiger charge is 2.17. The molecule has 0 radical (unpaired) electrons. The number of carbonyl (C=O) groups is 1. The summed E-state index contributed by atoms with van der Waals surface area (Å²) in [5.41, 5.74) is 2.17. The number of methoxy groups -OCH3 is 2. The third kappa shape index (κ3) is 4.99. The number of rotatable bonds is 8. The third-order valence-electron chi connectivity index (χ3n) is 3.87. The van der Waals surface area contributed by atoms with Gasteiger partial charge in [-0.2, -0.15) is 0 Å². The van der Waals surface area contributed by atoms with Gasteiger partial charge < -0.3 is 20.1 Å². The normalized spacial score (nSPS) is 11.6. The van der Waals surface area contributed by atoms with E-state index in [1.54, 1.807) is 21.3 Å². The van der Waals surface area contributed by atoms with Gasteiger partial charge in [0.15, 0.2) is 0 Å². The van der Waals surface area contributed by atoms with Gasteiger partial charge in [-0.1, -0.05) is 24.3 Å². The number of amides is 1. The predicted octanol–water partition coefficient (Wildman–Crippen LogP) is 2.15. The maximum absolute atomic E-state index is 12.1. The van der Waals surface area contributed by atoms with Gasteiger partial charge in [0, 0.05) is 13.6 Å². The molecule has 128 valence electrons. The minimum Gasteiger partial charge on any atom is -0.497 e. The fourth-order valence-corrected chi connectivity index (χ4v) is 2.41. The maximum Gasteiger partial charge on any atom is 0.237 e. The lowest BCUT2D eigenvalue weighted by Gasteiger charge is -2.18. The van der Waals surface area contributed by atoms with Crippen LogP contribution in [0.25, 0.3) is 0 Å². The fraction of sp³-hybridized carbons (Fsp3) is 0.316. The number of hydrogen-bond acceptors (Lipinski definition) is 4. The van der Waals surface area contributed by atoms with E-state index in [1.807, 2.05) is 48.5 Å². The van der Waals surface area contributed by atoms with Crippen molar-refractivity contribution in [2.75, 3.05) is 21.3 Å². The highest BCUT2D eigenvalue weighted by atomic mass is 16.5. The van der Waals surface area contributed by atoms with Crippen LogP contribution in [-0.2, 0) is 17.8 Å². The SMILES string of the molecule is CNC(=O)[C@H](Cc1ccc(OC)cc1)NCc1ccc(OC)cc1. The Kier molecular flexibility index (Phi) is 6.63. The Hall–Kier alpha value is -2.53. The van der Waals surface area contributed by atoms with Crippen molar-refractivity contribution in [3.8, 4) is 11.5 Å². The van der Waals surface area contributed by atoms with Crippen molar-refractivity contribution in [1.29, 1.82) is 0 Å². The van der Waals surface area contributed by atoms with E-state index in [9.17, 15) is 4.79 Å². The quantitative estimate of drug-likeness (QED) is 0.779. The van der Waals surface area contributed by atoms with Crippen LogP contribution in [0.2, 0.25) is 0 Å². The van der Waals surface area contributed by atoms with Crippen molar-refractivity contribution >= 4 is 5.91 Å². The van der Waals surface area contributed by atoms with E-state index in [2.05, 4.69) is 10.6 Å². The standard InChI is InChI=1S/C19H24N2O3/c1-20-19(22)18(12-14-4-8-16(23-2)9-5-14)21-13-15-6-10-17(24-3)11-7-15/h4-11,18,21H,12-13H2,1-3H3,(H,20,22)/t18-/m0/s1. The van der Waals surface area contributed by atoms with Crippen LogP contribution in [0.15, 0.2) is 48.5 Å². The topological polar surface area (TPSA) is 59.6 Å². The largest absolute Gasteiger partial charge is 0.497 e. The van der Waals surface area contributed by atoms with Crippen LogP contribution in [-0.4, -0.2) is 33.2 Å². The zero-order chi connectivity index (χ0) is 17.4. The number of carbonyl (C=O) groups excluding carboxylic acids is 1. The van der Waals surface area contributed by atoms with E-state index in [1.165, 1.54) is 0 Å². The molecule has 24 heavy (non-hydrogen) atoms. The number of likely N-dealkylation sites (N-methyl/N-ethyl adjacent to an activating group) is 1. The van der Waals surface area contributed by atoms with Gasteiger partial charge >= 0.3 is 0 Å². The molecule has 0 spiro atoms. The summed E-state index contributed by atoms with van der Waals surface area (Å²) in [5.74, 6) is 1.60. The molecule has 0 saturated heterocycles. The van der Waals surface area contributed by atoms with Gasteiger partial charge in [0.25, 0.3) is 0 Å². The zero-order valence-corrected chi connectivity index (χ0v) is 14.3. The summed E-state index contributed by atoms with van der Waals surface area (Å²) < 4.78 is 10.3. The summed E-state index contributed by atoms with van der Waals surface area (Å²) >= 11 is 0. The highest BCUT2D eigenvalue weighted by molar-refractivity contribution is 5.81. The van der Waals surface area contributed by atoms with Crippen LogP contribution >= 0.6 is 0 Å². The molecule has 2 N–H and O–H groups in total. The van der Waals surface area contributed by atoms with Crippen LogP contribution < -0.4 is 20.1 Å². The summed E-state index contributed by atoms with van der Waals surface area (Å²) in [4.78, 5) is 12.1.